The van der Waals surface area contributed by atoms with Crippen molar-refractivity contribution in [1.29, 1.82) is 0 Å². The third kappa shape index (κ3) is 2.82. The first-order valence-corrected chi connectivity index (χ1v) is 5.14. The Hall–Kier alpha value is -1.88. The van der Waals surface area contributed by atoms with E-state index >= 15 is 0 Å². The van der Waals surface area contributed by atoms with Crippen molar-refractivity contribution in [3.63, 3.8) is 0 Å². The SMILES string of the molecule is COC(=O)c1ccc(N(C)C)c(C(=O)CN)c1. The summed E-state index contributed by atoms with van der Waals surface area (Å²) >= 11 is 0. The van der Waals surface area contributed by atoms with E-state index in [1.807, 2.05) is 14.1 Å². The Bertz CT molecular complexity index is 441. The molecule has 0 heterocycles. The number of carbonyl (C=O) groups excluding carboxylic acids is 2. The second-order valence-electron chi connectivity index (χ2n) is 3.75. The van der Waals surface area contributed by atoms with Gasteiger partial charge in [0, 0.05) is 25.3 Å². The standard InChI is InChI=1S/C12H16N2O3/c1-14(2)10-5-4-8(12(16)17-3)6-9(10)11(15)7-13/h4-6H,7,13H2,1-3H3. The molecule has 0 saturated carbocycles. The van der Waals surface area contributed by atoms with Gasteiger partial charge in [-0.05, 0) is 18.2 Å². The number of Topliss-reactive ketones (excluding diaryl/α,β-unsaturated/α-hetero) is 1. The summed E-state index contributed by atoms with van der Waals surface area (Å²) in [6, 6.07) is 4.83. The number of nitrogens with zero attached hydrogens (tertiary/aromatic N) is 1. The number of esters is 1. The molecular weight excluding hydrogens is 220 g/mol. The molecule has 1 aromatic rings. The molecule has 5 nitrogen and oxygen atoms in total. The first kappa shape index (κ1) is 13.2. The normalized spacial score (nSPS) is 9.88. The molecule has 0 saturated heterocycles. The lowest BCUT2D eigenvalue weighted by Gasteiger charge is -2.17. The van der Waals surface area contributed by atoms with Gasteiger partial charge in [0.05, 0.1) is 19.2 Å². The van der Waals surface area contributed by atoms with Gasteiger partial charge < -0.3 is 15.4 Å². The van der Waals surface area contributed by atoms with E-state index in [2.05, 4.69) is 4.74 Å². The summed E-state index contributed by atoms with van der Waals surface area (Å²) < 4.78 is 4.61. The lowest BCUT2D eigenvalue weighted by atomic mass is 10.0. The summed E-state index contributed by atoms with van der Waals surface area (Å²) in [7, 11) is 4.94. The number of anilines is 1. The maximum atomic E-state index is 11.7. The fourth-order valence-electron chi connectivity index (χ4n) is 1.50. The van der Waals surface area contributed by atoms with Crippen molar-refractivity contribution in [3.8, 4) is 0 Å². The molecule has 5 heteroatoms. The van der Waals surface area contributed by atoms with Crippen LogP contribution in [-0.2, 0) is 4.74 Å². The fraction of sp³-hybridized carbons (Fsp3) is 0.333. The third-order valence-electron chi connectivity index (χ3n) is 2.39. The quantitative estimate of drug-likeness (QED) is 0.614. The van der Waals surface area contributed by atoms with E-state index in [9.17, 15) is 9.59 Å². The van der Waals surface area contributed by atoms with Gasteiger partial charge in [0.1, 0.15) is 0 Å². The Morgan fingerprint density at radius 2 is 2.00 bits per heavy atom. The maximum Gasteiger partial charge on any atom is 0.337 e. The second kappa shape index (κ2) is 5.45. The Morgan fingerprint density at radius 1 is 1.35 bits per heavy atom. The van der Waals surface area contributed by atoms with Crippen LogP contribution in [0, 0.1) is 0 Å². The van der Waals surface area contributed by atoms with Gasteiger partial charge in [0.15, 0.2) is 5.78 Å². The summed E-state index contributed by atoms with van der Waals surface area (Å²) in [4.78, 5) is 24.9. The number of ether oxygens (including phenoxy) is 1. The molecule has 0 spiro atoms. The Labute approximate surface area is 100 Å². The number of hydrogen-bond acceptors (Lipinski definition) is 5. The summed E-state index contributed by atoms with van der Waals surface area (Å²) in [6.45, 7) is -0.0918. The van der Waals surface area contributed by atoms with Crippen molar-refractivity contribution in [1.82, 2.24) is 0 Å². The first-order valence-electron chi connectivity index (χ1n) is 5.14. The summed E-state index contributed by atoms with van der Waals surface area (Å²) in [5.41, 5.74) is 6.85. The Balaban J connectivity index is 3.29. The van der Waals surface area contributed by atoms with Gasteiger partial charge >= 0.3 is 5.97 Å². The van der Waals surface area contributed by atoms with Crippen LogP contribution in [0.5, 0.6) is 0 Å². The van der Waals surface area contributed by atoms with E-state index in [-0.39, 0.29) is 12.3 Å². The number of methoxy groups -OCH3 is 1. The Morgan fingerprint density at radius 3 is 2.47 bits per heavy atom. The first-order chi connectivity index (χ1) is 8.01. The zero-order valence-electron chi connectivity index (χ0n) is 10.2. The summed E-state index contributed by atoms with van der Waals surface area (Å²) in [5, 5.41) is 0. The zero-order valence-corrected chi connectivity index (χ0v) is 10.2. The highest BCUT2D eigenvalue weighted by Crippen LogP contribution is 2.21. The smallest absolute Gasteiger partial charge is 0.337 e. The molecule has 2 N–H and O–H groups in total. The minimum atomic E-state index is -0.471. The number of rotatable bonds is 4. The minimum absolute atomic E-state index is 0.0918. The lowest BCUT2D eigenvalue weighted by Crippen LogP contribution is -2.20. The van der Waals surface area contributed by atoms with Gasteiger partial charge in [-0.25, -0.2) is 4.79 Å². The van der Waals surface area contributed by atoms with Crippen molar-refractivity contribution in [2.75, 3.05) is 32.6 Å². The average Bonchev–Trinajstić information content (AvgIpc) is 2.35. The van der Waals surface area contributed by atoms with Crippen molar-refractivity contribution < 1.29 is 14.3 Å². The average molecular weight is 236 g/mol. The van der Waals surface area contributed by atoms with Crippen LogP contribution in [0.4, 0.5) is 5.69 Å². The van der Waals surface area contributed by atoms with Crippen molar-refractivity contribution in [3.05, 3.63) is 29.3 Å². The predicted molar refractivity (Wildman–Crippen MR) is 65.5 cm³/mol. The van der Waals surface area contributed by atoms with Gasteiger partial charge in [-0.2, -0.15) is 0 Å². The van der Waals surface area contributed by atoms with E-state index in [0.29, 0.717) is 11.1 Å². The maximum absolute atomic E-state index is 11.7. The van der Waals surface area contributed by atoms with Gasteiger partial charge in [-0.3, -0.25) is 4.79 Å². The molecule has 0 bridgehead atoms. The molecule has 0 unspecified atom stereocenters. The second-order valence-corrected chi connectivity index (χ2v) is 3.75. The molecule has 0 fully saturated rings. The number of hydrogen-bond donors (Lipinski definition) is 1. The lowest BCUT2D eigenvalue weighted by molar-refractivity contribution is 0.0600. The molecular formula is C12H16N2O3. The minimum Gasteiger partial charge on any atom is -0.465 e. The van der Waals surface area contributed by atoms with Gasteiger partial charge in [0.25, 0.3) is 0 Å². The highest BCUT2D eigenvalue weighted by Gasteiger charge is 2.15. The van der Waals surface area contributed by atoms with Crippen LogP contribution in [0.3, 0.4) is 0 Å². The number of nitrogens with two attached hydrogens (primary N) is 1. The third-order valence-corrected chi connectivity index (χ3v) is 2.39. The topological polar surface area (TPSA) is 72.6 Å². The highest BCUT2D eigenvalue weighted by atomic mass is 16.5. The van der Waals surface area contributed by atoms with Crippen LogP contribution in [0.2, 0.25) is 0 Å². The van der Waals surface area contributed by atoms with Crippen molar-refractivity contribution in [2.45, 2.75) is 0 Å². The van der Waals surface area contributed by atoms with Crippen molar-refractivity contribution >= 4 is 17.4 Å². The van der Waals surface area contributed by atoms with Crippen LogP contribution in [-0.4, -0.2) is 39.5 Å². The van der Waals surface area contributed by atoms with E-state index in [4.69, 9.17) is 5.73 Å². The molecule has 1 aromatic carbocycles. The fourth-order valence-corrected chi connectivity index (χ4v) is 1.50. The highest BCUT2D eigenvalue weighted by molar-refractivity contribution is 6.04. The monoisotopic (exact) mass is 236 g/mol. The molecule has 0 aliphatic carbocycles. The molecule has 0 amide bonds. The number of carbonyl (C=O) groups is 2. The molecule has 17 heavy (non-hydrogen) atoms. The van der Waals surface area contributed by atoms with Gasteiger partial charge in [-0.1, -0.05) is 0 Å². The summed E-state index contributed by atoms with van der Waals surface area (Å²) in [5.74, 6) is -0.680. The number of benzene rings is 1. The van der Waals surface area contributed by atoms with Crippen LogP contribution >= 0.6 is 0 Å². The van der Waals surface area contributed by atoms with Crippen molar-refractivity contribution in [2.24, 2.45) is 5.73 Å². The molecule has 0 aromatic heterocycles. The van der Waals surface area contributed by atoms with Crippen LogP contribution < -0.4 is 10.6 Å². The summed E-state index contributed by atoms with van der Waals surface area (Å²) in [6.07, 6.45) is 0. The largest absolute Gasteiger partial charge is 0.465 e. The molecule has 0 aliphatic rings. The molecule has 0 aliphatic heterocycles. The van der Waals surface area contributed by atoms with Gasteiger partial charge in [-0.15, -0.1) is 0 Å². The van der Waals surface area contributed by atoms with E-state index in [0.717, 1.165) is 5.69 Å². The molecule has 1 rings (SSSR count). The molecule has 0 radical (unpaired) electrons. The van der Waals surface area contributed by atoms with E-state index < -0.39 is 5.97 Å². The molecule has 92 valence electrons. The molecule has 0 atom stereocenters. The van der Waals surface area contributed by atoms with Crippen LogP contribution in [0.1, 0.15) is 20.7 Å². The number of ketones is 1. The van der Waals surface area contributed by atoms with E-state index in [1.165, 1.54) is 13.2 Å². The van der Waals surface area contributed by atoms with Crippen LogP contribution in [0.25, 0.3) is 0 Å². The predicted octanol–water partition coefficient (Wildman–Crippen LogP) is 0.681. The van der Waals surface area contributed by atoms with E-state index in [1.54, 1.807) is 17.0 Å². The van der Waals surface area contributed by atoms with Gasteiger partial charge in [0.2, 0.25) is 0 Å². The zero-order chi connectivity index (χ0) is 13.0. The Kier molecular flexibility index (Phi) is 4.23. The van der Waals surface area contributed by atoms with Crippen LogP contribution in [0.15, 0.2) is 18.2 Å².